The van der Waals surface area contributed by atoms with Crippen LogP contribution in [0.4, 0.5) is 0 Å². The quantitative estimate of drug-likeness (QED) is 0.783. The molecule has 0 heterocycles. The van der Waals surface area contributed by atoms with E-state index in [4.69, 9.17) is 15.2 Å². The molecule has 1 aromatic rings. The van der Waals surface area contributed by atoms with E-state index >= 15 is 0 Å². The average Bonchev–Trinajstić information content (AvgIpc) is 2.39. The van der Waals surface area contributed by atoms with Gasteiger partial charge in [-0.25, -0.2) is 0 Å². The van der Waals surface area contributed by atoms with E-state index in [0.717, 1.165) is 11.5 Å². The van der Waals surface area contributed by atoms with E-state index in [0.29, 0.717) is 12.4 Å². The first-order chi connectivity index (χ1) is 8.67. The van der Waals surface area contributed by atoms with Crippen molar-refractivity contribution >= 4 is 30.1 Å². The Morgan fingerprint density at radius 1 is 1.37 bits per heavy atom. The number of hydrogen-bond acceptors (Lipinski definition) is 5. The van der Waals surface area contributed by atoms with Gasteiger partial charge in [0, 0.05) is 11.5 Å². The third-order valence-electron chi connectivity index (χ3n) is 2.31. The number of rotatable bonds is 7. The summed E-state index contributed by atoms with van der Waals surface area (Å²) in [5.41, 5.74) is 6.88. The van der Waals surface area contributed by atoms with Crippen molar-refractivity contribution in [2.45, 2.75) is 18.7 Å². The summed E-state index contributed by atoms with van der Waals surface area (Å²) in [5.74, 6) is 1.88. The Morgan fingerprint density at radius 3 is 2.53 bits per heavy atom. The van der Waals surface area contributed by atoms with Crippen LogP contribution in [0.2, 0.25) is 0 Å². The number of halogens is 1. The van der Waals surface area contributed by atoms with E-state index < -0.39 is 6.04 Å². The third-order valence-corrected chi connectivity index (χ3v) is 3.45. The molecule has 0 aliphatic heterocycles. The van der Waals surface area contributed by atoms with Crippen molar-refractivity contribution in [1.82, 2.24) is 0 Å². The normalized spacial score (nSPS) is 11.3. The van der Waals surface area contributed by atoms with Crippen LogP contribution in [-0.4, -0.2) is 31.5 Å². The fraction of sp³-hybridized carbons (Fsp3) is 0.462. The van der Waals surface area contributed by atoms with E-state index in [2.05, 4.69) is 0 Å². The molecule has 1 rings (SSSR count). The summed E-state index contributed by atoms with van der Waals surface area (Å²) >= 11 is 1.62. The van der Waals surface area contributed by atoms with Gasteiger partial charge in [0.15, 0.2) is 0 Å². The largest absolute Gasteiger partial charge is 0.497 e. The van der Waals surface area contributed by atoms with Crippen LogP contribution in [0.3, 0.4) is 0 Å². The van der Waals surface area contributed by atoms with Crippen molar-refractivity contribution in [3.63, 3.8) is 0 Å². The lowest BCUT2D eigenvalue weighted by Crippen LogP contribution is -2.34. The minimum Gasteiger partial charge on any atom is -0.497 e. The number of methoxy groups -OCH3 is 1. The molecule has 0 radical (unpaired) electrons. The highest BCUT2D eigenvalue weighted by Gasteiger charge is 2.13. The molecule has 0 aromatic heterocycles. The number of ether oxygens (including phenoxy) is 2. The monoisotopic (exact) mass is 305 g/mol. The predicted molar refractivity (Wildman–Crippen MR) is 81.0 cm³/mol. The lowest BCUT2D eigenvalue weighted by Gasteiger charge is -2.10. The molecule has 0 aliphatic carbocycles. The first-order valence-corrected chi connectivity index (χ1v) is 6.95. The Bertz CT molecular complexity index is 373. The number of esters is 1. The molecule has 1 aromatic carbocycles. The van der Waals surface area contributed by atoms with E-state index in [9.17, 15) is 4.79 Å². The molecule has 0 saturated carbocycles. The number of carbonyl (C=O) groups is 1. The van der Waals surface area contributed by atoms with E-state index in [1.807, 2.05) is 24.3 Å². The molecule has 0 bridgehead atoms. The Hall–Kier alpha value is -0.910. The van der Waals surface area contributed by atoms with Gasteiger partial charge < -0.3 is 15.2 Å². The number of hydrogen-bond donors (Lipinski definition) is 1. The number of nitrogens with two attached hydrogens (primary N) is 1. The first kappa shape index (κ1) is 18.1. The van der Waals surface area contributed by atoms with Gasteiger partial charge in [0.2, 0.25) is 0 Å². The van der Waals surface area contributed by atoms with Gasteiger partial charge in [-0.2, -0.15) is 11.8 Å². The fourth-order valence-corrected chi connectivity index (χ4v) is 2.28. The summed E-state index contributed by atoms with van der Waals surface area (Å²) in [6.45, 7) is 2.14. The van der Waals surface area contributed by atoms with E-state index in [1.54, 1.807) is 25.8 Å². The highest BCUT2D eigenvalue weighted by atomic mass is 35.5. The molecule has 2 N–H and O–H groups in total. The lowest BCUT2D eigenvalue weighted by molar-refractivity contribution is -0.144. The maximum atomic E-state index is 11.3. The molecule has 0 fully saturated rings. The fourth-order valence-electron chi connectivity index (χ4n) is 1.34. The van der Waals surface area contributed by atoms with Crippen LogP contribution in [0.15, 0.2) is 24.3 Å². The van der Waals surface area contributed by atoms with Crippen molar-refractivity contribution < 1.29 is 14.3 Å². The molecule has 1 atom stereocenters. The summed E-state index contributed by atoms with van der Waals surface area (Å²) in [6.07, 6.45) is 0. The number of benzene rings is 1. The van der Waals surface area contributed by atoms with Gasteiger partial charge in [-0.1, -0.05) is 12.1 Å². The molecule has 0 saturated heterocycles. The van der Waals surface area contributed by atoms with Crippen molar-refractivity contribution in [3.8, 4) is 5.75 Å². The van der Waals surface area contributed by atoms with Crippen molar-refractivity contribution in [1.29, 1.82) is 0 Å². The van der Waals surface area contributed by atoms with Gasteiger partial charge in [0.1, 0.15) is 11.8 Å². The lowest BCUT2D eigenvalue weighted by atomic mass is 10.2. The minimum atomic E-state index is -0.548. The Labute approximate surface area is 124 Å². The second-order valence-corrected chi connectivity index (χ2v) is 4.75. The molecule has 0 aliphatic rings. The minimum absolute atomic E-state index is 0. The van der Waals surface area contributed by atoms with Gasteiger partial charge in [0.05, 0.1) is 13.7 Å². The van der Waals surface area contributed by atoms with Crippen LogP contribution in [0.1, 0.15) is 12.5 Å². The molecule has 4 nitrogen and oxygen atoms in total. The summed E-state index contributed by atoms with van der Waals surface area (Å²) in [5, 5.41) is 0. The van der Waals surface area contributed by atoms with Gasteiger partial charge in [-0.3, -0.25) is 4.79 Å². The van der Waals surface area contributed by atoms with Crippen LogP contribution in [0, 0.1) is 0 Å². The standard InChI is InChI=1S/C13H19NO3S.ClH/c1-3-17-13(15)12(14)9-18-8-10-4-6-11(16-2)7-5-10;/h4-7,12H,3,8-9,14H2,1-2H3;1H. The van der Waals surface area contributed by atoms with Gasteiger partial charge in [-0.05, 0) is 24.6 Å². The SMILES string of the molecule is CCOC(=O)C(N)CSCc1ccc(OC)cc1.Cl. The Balaban J connectivity index is 0.00000324. The first-order valence-electron chi connectivity index (χ1n) is 5.80. The molecular weight excluding hydrogens is 286 g/mol. The summed E-state index contributed by atoms with van der Waals surface area (Å²) in [6, 6.07) is 7.29. The second-order valence-electron chi connectivity index (χ2n) is 3.72. The second kappa shape index (κ2) is 9.95. The zero-order chi connectivity index (χ0) is 13.4. The van der Waals surface area contributed by atoms with Crippen LogP contribution >= 0.6 is 24.2 Å². The molecule has 1 unspecified atom stereocenters. The van der Waals surface area contributed by atoms with Crippen molar-refractivity contribution in [2.75, 3.05) is 19.5 Å². The number of thioether (sulfide) groups is 1. The predicted octanol–water partition coefficient (Wildman–Crippen LogP) is 2.24. The van der Waals surface area contributed by atoms with E-state index in [1.165, 1.54) is 5.56 Å². The Kier molecular flexibility index (Phi) is 9.47. The van der Waals surface area contributed by atoms with Crippen LogP contribution in [0.5, 0.6) is 5.75 Å². The van der Waals surface area contributed by atoms with Crippen LogP contribution in [0.25, 0.3) is 0 Å². The third kappa shape index (κ3) is 6.71. The summed E-state index contributed by atoms with van der Waals surface area (Å²) in [4.78, 5) is 11.3. The molecular formula is C13H20ClNO3S. The zero-order valence-corrected chi connectivity index (χ0v) is 12.8. The Morgan fingerprint density at radius 2 is 2.00 bits per heavy atom. The molecule has 0 spiro atoms. The number of carbonyl (C=O) groups excluding carboxylic acids is 1. The highest BCUT2D eigenvalue weighted by Crippen LogP contribution is 2.16. The van der Waals surface area contributed by atoms with Gasteiger partial charge in [0.25, 0.3) is 0 Å². The zero-order valence-electron chi connectivity index (χ0n) is 11.1. The smallest absolute Gasteiger partial charge is 0.323 e. The average molecular weight is 306 g/mol. The molecule has 0 amide bonds. The molecule has 108 valence electrons. The van der Waals surface area contributed by atoms with Crippen LogP contribution in [-0.2, 0) is 15.3 Å². The van der Waals surface area contributed by atoms with E-state index in [-0.39, 0.29) is 18.4 Å². The summed E-state index contributed by atoms with van der Waals surface area (Å²) in [7, 11) is 1.64. The van der Waals surface area contributed by atoms with Gasteiger partial charge in [-0.15, -0.1) is 12.4 Å². The van der Waals surface area contributed by atoms with Crippen LogP contribution < -0.4 is 10.5 Å². The van der Waals surface area contributed by atoms with Crippen molar-refractivity contribution in [3.05, 3.63) is 29.8 Å². The van der Waals surface area contributed by atoms with Gasteiger partial charge >= 0.3 is 5.97 Å². The molecule has 6 heteroatoms. The maximum absolute atomic E-state index is 11.3. The van der Waals surface area contributed by atoms with Crippen molar-refractivity contribution in [2.24, 2.45) is 5.73 Å². The topological polar surface area (TPSA) is 61.5 Å². The molecule has 19 heavy (non-hydrogen) atoms. The highest BCUT2D eigenvalue weighted by molar-refractivity contribution is 7.98. The summed E-state index contributed by atoms with van der Waals surface area (Å²) < 4.78 is 9.93. The maximum Gasteiger partial charge on any atom is 0.323 e.